The van der Waals surface area contributed by atoms with Crippen molar-refractivity contribution in [2.75, 3.05) is 0 Å². The molecule has 0 fully saturated rings. The summed E-state index contributed by atoms with van der Waals surface area (Å²) >= 11 is 0. The molecule has 118 valence electrons. The van der Waals surface area contributed by atoms with E-state index in [1.807, 2.05) is 0 Å². The minimum atomic E-state index is -4.65. The molecule has 0 unspecified atom stereocenters. The van der Waals surface area contributed by atoms with Crippen molar-refractivity contribution in [1.82, 2.24) is 9.55 Å². The molecule has 0 aliphatic rings. The Labute approximate surface area is 123 Å². The van der Waals surface area contributed by atoms with E-state index in [-0.39, 0.29) is 41.8 Å². The van der Waals surface area contributed by atoms with E-state index in [0.717, 1.165) is 4.57 Å². The van der Waals surface area contributed by atoms with Crippen LogP contribution in [0.3, 0.4) is 0 Å². The molecule has 0 radical (unpaired) electrons. The summed E-state index contributed by atoms with van der Waals surface area (Å²) in [5.41, 5.74) is 0.564. The second-order valence-electron chi connectivity index (χ2n) is 4.84. The number of imidazole rings is 1. The van der Waals surface area contributed by atoms with Crippen molar-refractivity contribution in [1.29, 1.82) is 0 Å². The number of carbonyl (C=O) groups is 2. The van der Waals surface area contributed by atoms with E-state index in [1.165, 1.54) is 25.1 Å². The average molecular weight is 314 g/mol. The zero-order chi connectivity index (χ0) is 16.5. The molecule has 0 aliphatic heterocycles. The van der Waals surface area contributed by atoms with Crippen LogP contribution in [0.5, 0.6) is 0 Å². The first-order valence-electron chi connectivity index (χ1n) is 6.50. The fraction of sp³-hybridized carbons (Fsp3) is 0.357. The highest BCUT2D eigenvalue weighted by atomic mass is 19.4. The maximum atomic E-state index is 13.1. The van der Waals surface area contributed by atoms with Crippen LogP contribution in [0.15, 0.2) is 18.2 Å². The third-order valence-electron chi connectivity index (χ3n) is 3.18. The van der Waals surface area contributed by atoms with Crippen molar-refractivity contribution < 1.29 is 27.9 Å². The first kappa shape index (κ1) is 16.0. The van der Waals surface area contributed by atoms with Gasteiger partial charge in [-0.3, -0.25) is 9.59 Å². The SMILES string of the molecule is CC(=O)c1ccc2c(c1)nc(C(F)(F)F)n2CCCC(=O)O. The first-order valence-corrected chi connectivity index (χ1v) is 6.50. The zero-order valence-corrected chi connectivity index (χ0v) is 11.6. The van der Waals surface area contributed by atoms with Crippen LogP contribution in [0, 0.1) is 0 Å². The van der Waals surface area contributed by atoms with Gasteiger partial charge in [0, 0.05) is 18.5 Å². The van der Waals surface area contributed by atoms with Crippen LogP contribution in [0.25, 0.3) is 11.0 Å². The summed E-state index contributed by atoms with van der Waals surface area (Å²) in [6.07, 6.45) is -4.83. The van der Waals surface area contributed by atoms with Crippen molar-refractivity contribution in [2.45, 2.75) is 32.5 Å². The van der Waals surface area contributed by atoms with E-state index in [2.05, 4.69) is 4.98 Å². The van der Waals surface area contributed by atoms with Gasteiger partial charge in [0.25, 0.3) is 0 Å². The minimum Gasteiger partial charge on any atom is -0.481 e. The number of hydrogen-bond acceptors (Lipinski definition) is 3. The molecule has 22 heavy (non-hydrogen) atoms. The molecular formula is C14H13F3N2O3. The molecule has 2 aromatic rings. The quantitative estimate of drug-likeness (QED) is 0.861. The third-order valence-corrected chi connectivity index (χ3v) is 3.18. The molecule has 0 bridgehead atoms. The Hall–Kier alpha value is -2.38. The zero-order valence-electron chi connectivity index (χ0n) is 11.6. The van der Waals surface area contributed by atoms with E-state index < -0.39 is 18.0 Å². The van der Waals surface area contributed by atoms with Gasteiger partial charge in [0.1, 0.15) is 0 Å². The summed E-state index contributed by atoms with van der Waals surface area (Å²) in [7, 11) is 0. The van der Waals surface area contributed by atoms with Crippen molar-refractivity contribution in [3.8, 4) is 0 Å². The molecule has 0 saturated heterocycles. The van der Waals surface area contributed by atoms with Crippen molar-refractivity contribution >= 4 is 22.8 Å². The monoisotopic (exact) mass is 314 g/mol. The van der Waals surface area contributed by atoms with Crippen LogP contribution in [0.4, 0.5) is 13.2 Å². The Bertz CT molecular complexity index is 735. The van der Waals surface area contributed by atoms with E-state index >= 15 is 0 Å². The van der Waals surface area contributed by atoms with Crippen molar-refractivity contribution in [3.05, 3.63) is 29.6 Å². The molecule has 8 heteroatoms. The molecule has 0 atom stereocenters. The average Bonchev–Trinajstić information content (AvgIpc) is 2.76. The summed E-state index contributed by atoms with van der Waals surface area (Å²) < 4.78 is 40.1. The summed E-state index contributed by atoms with van der Waals surface area (Å²) in [5.74, 6) is -2.43. The fourth-order valence-electron chi connectivity index (χ4n) is 2.18. The van der Waals surface area contributed by atoms with Gasteiger partial charge in [0.2, 0.25) is 5.82 Å². The molecule has 1 heterocycles. The number of carbonyl (C=O) groups excluding carboxylic acids is 1. The summed E-state index contributed by atoms with van der Waals surface area (Å²) in [6, 6.07) is 4.13. The lowest BCUT2D eigenvalue weighted by Gasteiger charge is -2.10. The number of carboxylic acids is 1. The summed E-state index contributed by atoms with van der Waals surface area (Å²) in [6.45, 7) is 1.20. The number of aromatic nitrogens is 2. The van der Waals surface area contributed by atoms with Gasteiger partial charge in [0.05, 0.1) is 11.0 Å². The molecule has 2 rings (SSSR count). The smallest absolute Gasteiger partial charge is 0.449 e. The van der Waals surface area contributed by atoms with Gasteiger partial charge in [-0.25, -0.2) is 4.98 Å². The molecular weight excluding hydrogens is 301 g/mol. The lowest BCUT2D eigenvalue weighted by Crippen LogP contribution is -2.15. The number of ketones is 1. The van der Waals surface area contributed by atoms with E-state index in [4.69, 9.17) is 5.11 Å². The van der Waals surface area contributed by atoms with Crippen LogP contribution in [0.1, 0.15) is 35.9 Å². The normalized spacial score (nSPS) is 11.8. The van der Waals surface area contributed by atoms with Crippen LogP contribution in [-0.4, -0.2) is 26.4 Å². The lowest BCUT2D eigenvalue weighted by molar-refractivity contribution is -0.146. The highest BCUT2D eigenvalue weighted by Crippen LogP contribution is 2.32. The van der Waals surface area contributed by atoms with Gasteiger partial charge in [-0.05, 0) is 31.5 Å². The Morgan fingerprint density at radius 3 is 2.55 bits per heavy atom. The Morgan fingerprint density at radius 2 is 2.00 bits per heavy atom. The first-order chi connectivity index (χ1) is 10.2. The number of Topliss-reactive ketones (excluding diaryl/α,β-unsaturated/α-hetero) is 1. The number of aliphatic carboxylic acids is 1. The van der Waals surface area contributed by atoms with Crippen molar-refractivity contribution in [3.63, 3.8) is 0 Å². The van der Waals surface area contributed by atoms with Crippen LogP contribution >= 0.6 is 0 Å². The molecule has 0 amide bonds. The van der Waals surface area contributed by atoms with Gasteiger partial charge in [-0.15, -0.1) is 0 Å². The van der Waals surface area contributed by atoms with Crippen LogP contribution in [-0.2, 0) is 17.5 Å². The topological polar surface area (TPSA) is 72.2 Å². The molecule has 0 aliphatic carbocycles. The van der Waals surface area contributed by atoms with Gasteiger partial charge in [-0.1, -0.05) is 0 Å². The molecule has 0 saturated carbocycles. The van der Waals surface area contributed by atoms with Crippen LogP contribution < -0.4 is 0 Å². The standard InChI is InChI=1S/C14H13F3N2O3/c1-8(20)9-4-5-11-10(7-9)18-13(14(15,16)17)19(11)6-2-3-12(21)22/h4-5,7H,2-3,6H2,1H3,(H,21,22). The van der Waals surface area contributed by atoms with Crippen molar-refractivity contribution in [2.24, 2.45) is 0 Å². The Balaban J connectivity index is 2.49. The maximum absolute atomic E-state index is 13.1. The maximum Gasteiger partial charge on any atom is 0.449 e. The number of rotatable bonds is 5. The molecule has 1 aromatic heterocycles. The van der Waals surface area contributed by atoms with E-state index in [1.54, 1.807) is 0 Å². The fourth-order valence-corrected chi connectivity index (χ4v) is 2.18. The molecule has 1 aromatic carbocycles. The number of aryl methyl sites for hydroxylation is 1. The van der Waals surface area contributed by atoms with Gasteiger partial charge < -0.3 is 9.67 Å². The number of benzene rings is 1. The molecule has 5 nitrogen and oxygen atoms in total. The number of nitrogens with zero attached hydrogens (tertiary/aromatic N) is 2. The van der Waals surface area contributed by atoms with Gasteiger partial charge >= 0.3 is 12.1 Å². The minimum absolute atomic E-state index is 0.0539. The van der Waals surface area contributed by atoms with Crippen LogP contribution in [0.2, 0.25) is 0 Å². The lowest BCUT2D eigenvalue weighted by atomic mass is 10.1. The third kappa shape index (κ3) is 3.26. The highest BCUT2D eigenvalue weighted by molar-refractivity contribution is 5.97. The largest absolute Gasteiger partial charge is 0.481 e. The van der Waals surface area contributed by atoms with Gasteiger partial charge in [-0.2, -0.15) is 13.2 Å². The number of halogens is 3. The number of fused-ring (bicyclic) bond motifs is 1. The predicted octanol–water partition coefficient (Wildman–Crippen LogP) is 3.12. The summed E-state index contributed by atoms with van der Waals surface area (Å²) in [5, 5.41) is 8.60. The molecule has 1 N–H and O–H groups in total. The number of carboxylic acid groups (broad SMARTS) is 1. The second kappa shape index (κ2) is 5.78. The van der Waals surface area contributed by atoms with E-state index in [0.29, 0.717) is 0 Å². The van der Waals surface area contributed by atoms with Gasteiger partial charge in [0.15, 0.2) is 5.78 Å². The predicted molar refractivity (Wildman–Crippen MR) is 71.6 cm³/mol. The Kier molecular flexibility index (Phi) is 4.20. The number of alkyl halides is 3. The Morgan fingerprint density at radius 1 is 1.32 bits per heavy atom. The highest BCUT2D eigenvalue weighted by Gasteiger charge is 2.37. The van der Waals surface area contributed by atoms with E-state index in [9.17, 15) is 22.8 Å². The molecule has 0 spiro atoms. The summed E-state index contributed by atoms with van der Waals surface area (Å²) in [4.78, 5) is 25.4. The number of hydrogen-bond donors (Lipinski definition) is 1. The second-order valence-corrected chi connectivity index (χ2v) is 4.84.